The Bertz CT molecular complexity index is 712. The normalized spacial score (nSPS) is 10.3. The van der Waals surface area contributed by atoms with Crippen LogP contribution in [0.5, 0.6) is 0 Å². The van der Waals surface area contributed by atoms with Crippen LogP contribution in [-0.2, 0) is 4.74 Å². The number of hydrogen-bond donors (Lipinski definition) is 1. The Morgan fingerprint density at radius 3 is 2.71 bits per heavy atom. The Kier molecular flexibility index (Phi) is 4.32. The monoisotopic (exact) mass is 308 g/mol. The number of nitrogens with zero attached hydrogens (tertiary/aromatic N) is 1. The lowest BCUT2D eigenvalue weighted by atomic mass is 10.2. The predicted octanol–water partition coefficient (Wildman–Crippen LogP) is 3.32. The van der Waals surface area contributed by atoms with E-state index >= 15 is 0 Å². The molecule has 0 aliphatic rings. The molecule has 2 rings (SSSR count). The molecule has 0 atom stereocenters. The van der Waals surface area contributed by atoms with Gasteiger partial charge in [-0.3, -0.25) is 4.79 Å². The number of rotatable bonds is 4. The van der Waals surface area contributed by atoms with Crippen LogP contribution in [0.15, 0.2) is 18.2 Å². The highest BCUT2D eigenvalue weighted by atomic mass is 32.1. The minimum Gasteiger partial charge on any atom is -0.464 e. The third kappa shape index (κ3) is 3.25. The van der Waals surface area contributed by atoms with E-state index in [1.165, 1.54) is 20.1 Å². The summed E-state index contributed by atoms with van der Waals surface area (Å²) in [5.41, 5.74) is 1.04. The number of aromatic nitrogens is 1. The standard InChI is InChI=1S/C14H13FN2O3S/c1-7-4-5-9(15)10(6-7)16-14-17-11(13(19)20-3)12(21-14)8(2)18/h4-6H,1-3H3,(H,16,17). The van der Waals surface area contributed by atoms with Crippen LogP contribution < -0.4 is 5.32 Å². The molecule has 1 heterocycles. The van der Waals surface area contributed by atoms with Crippen molar-refractivity contribution in [1.29, 1.82) is 0 Å². The van der Waals surface area contributed by atoms with E-state index in [2.05, 4.69) is 15.0 Å². The Morgan fingerprint density at radius 1 is 1.38 bits per heavy atom. The van der Waals surface area contributed by atoms with Crippen LogP contribution in [0.25, 0.3) is 0 Å². The molecule has 21 heavy (non-hydrogen) atoms. The van der Waals surface area contributed by atoms with Gasteiger partial charge in [-0.25, -0.2) is 14.2 Å². The molecule has 0 spiro atoms. The van der Waals surface area contributed by atoms with Crippen LogP contribution in [0, 0.1) is 12.7 Å². The molecule has 0 bridgehead atoms. The molecule has 0 fully saturated rings. The van der Waals surface area contributed by atoms with Gasteiger partial charge in [0, 0.05) is 6.92 Å². The number of ketones is 1. The average Bonchev–Trinajstić information content (AvgIpc) is 2.86. The fraction of sp³-hybridized carbons (Fsp3) is 0.214. The van der Waals surface area contributed by atoms with Gasteiger partial charge in [-0.15, -0.1) is 0 Å². The molecule has 0 aliphatic carbocycles. The van der Waals surface area contributed by atoms with Crippen LogP contribution in [0.1, 0.15) is 32.6 Å². The van der Waals surface area contributed by atoms with E-state index in [9.17, 15) is 14.0 Å². The SMILES string of the molecule is COC(=O)c1nc(Nc2cc(C)ccc2F)sc1C(C)=O. The Balaban J connectivity index is 2.39. The van der Waals surface area contributed by atoms with E-state index < -0.39 is 11.8 Å². The van der Waals surface area contributed by atoms with Crippen LogP contribution in [0.4, 0.5) is 15.2 Å². The minimum atomic E-state index is -0.700. The van der Waals surface area contributed by atoms with Crippen molar-refractivity contribution >= 4 is 33.9 Å². The van der Waals surface area contributed by atoms with Crippen molar-refractivity contribution in [2.75, 3.05) is 12.4 Å². The highest BCUT2D eigenvalue weighted by Gasteiger charge is 2.22. The second-order valence-corrected chi connectivity index (χ2v) is 5.35. The van der Waals surface area contributed by atoms with Crippen LogP contribution in [0.3, 0.4) is 0 Å². The summed E-state index contributed by atoms with van der Waals surface area (Å²) in [6.07, 6.45) is 0. The summed E-state index contributed by atoms with van der Waals surface area (Å²) >= 11 is 0.981. The lowest BCUT2D eigenvalue weighted by molar-refractivity contribution is 0.0591. The summed E-state index contributed by atoms with van der Waals surface area (Å²) < 4.78 is 18.3. The van der Waals surface area contributed by atoms with Crippen molar-refractivity contribution in [1.82, 2.24) is 4.98 Å². The number of benzene rings is 1. The van der Waals surface area contributed by atoms with E-state index in [1.54, 1.807) is 12.1 Å². The van der Waals surface area contributed by atoms with Gasteiger partial charge < -0.3 is 10.1 Å². The Morgan fingerprint density at radius 2 is 2.10 bits per heavy atom. The van der Waals surface area contributed by atoms with Crippen molar-refractivity contribution in [3.8, 4) is 0 Å². The molecular formula is C14H13FN2O3S. The fourth-order valence-electron chi connectivity index (χ4n) is 1.70. The number of thiazole rings is 1. The van der Waals surface area contributed by atoms with Crippen LogP contribution in [-0.4, -0.2) is 23.8 Å². The van der Waals surface area contributed by atoms with Gasteiger partial charge in [0.15, 0.2) is 16.6 Å². The summed E-state index contributed by atoms with van der Waals surface area (Å²) in [6.45, 7) is 3.16. The maximum Gasteiger partial charge on any atom is 0.358 e. The summed E-state index contributed by atoms with van der Waals surface area (Å²) in [6, 6.07) is 4.59. The molecule has 0 saturated carbocycles. The van der Waals surface area contributed by atoms with Crippen molar-refractivity contribution in [2.45, 2.75) is 13.8 Å². The number of halogens is 1. The molecule has 0 radical (unpaired) electrons. The zero-order valence-electron chi connectivity index (χ0n) is 11.7. The van der Waals surface area contributed by atoms with Gasteiger partial charge in [0.2, 0.25) is 0 Å². The number of methoxy groups -OCH3 is 1. The van der Waals surface area contributed by atoms with Crippen LogP contribution >= 0.6 is 11.3 Å². The maximum absolute atomic E-state index is 13.7. The largest absolute Gasteiger partial charge is 0.464 e. The number of carbonyl (C=O) groups excluding carboxylic acids is 2. The third-order valence-electron chi connectivity index (χ3n) is 2.69. The lowest BCUT2D eigenvalue weighted by Crippen LogP contribution is -2.07. The smallest absolute Gasteiger partial charge is 0.358 e. The highest BCUT2D eigenvalue weighted by molar-refractivity contribution is 7.17. The van der Waals surface area contributed by atoms with Crippen molar-refractivity contribution in [2.24, 2.45) is 0 Å². The molecule has 5 nitrogen and oxygen atoms in total. The molecule has 7 heteroatoms. The van der Waals surface area contributed by atoms with Crippen molar-refractivity contribution in [3.63, 3.8) is 0 Å². The van der Waals surface area contributed by atoms with Gasteiger partial charge in [-0.05, 0) is 24.6 Å². The van der Waals surface area contributed by atoms with E-state index in [-0.39, 0.29) is 27.2 Å². The van der Waals surface area contributed by atoms with Crippen molar-refractivity contribution < 1.29 is 18.7 Å². The number of Topliss-reactive ketones (excluding diaryl/α,β-unsaturated/α-hetero) is 1. The topological polar surface area (TPSA) is 68.3 Å². The van der Waals surface area contributed by atoms with Gasteiger partial charge in [-0.1, -0.05) is 17.4 Å². The molecule has 1 N–H and O–H groups in total. The number of aryl methyl sites for hydroxylation is 1. The lowest BCUT2D eigenvalue weighted by Gasteiger charge is -2.04. The minimum absolute atomic E-state index is 0.0643. The first-order valence-corrected chi connectivity index (χ1v) is 6.87. The summed E-state index contributed by atoms with van der Waals surface area (Å²) in [5.74, 6) is -1.44. The molecule has 1 aromatic carbocycles. The van der Waals surface area contributed by atoms with Crippen molar-refractivity contribution in [3.05, 3.63) is 40.2 Å². The summed E-state index contributed by atoms with van der Waals surface area (Å²) in [7, 11) is 1.21. The second kappa shape index (κ2) is 6.01. The molecule has 0 aliphatic heterocycles. The average molecular weight is 308 g/mol. The number of carbonyl (C=O) groups is 2. The zero-order chi connectivity index (χ0) is 15.6. The van der Waals surface area contributed by atoms with E-state index in [0.29, 0.717) is 0 Å². The first kappa shape index (κ1) is 15.1. The number of hydrogen-bond acceptors (Lipinski definition) is 6. The van der Waals surface area contributed by atoms with E-state index in [4.69, 9.17) is 0 Å². The van der Waals surface area contributed by atoms with E-state index in [1.807, 2.05) is 6.92 Å². The van der Waals surface area contributed by atoms with Gasteiger partial charge in [0.1, 0.15) is 10.7 Å². The molecule has 2 aromatic rings. The first-order valence-electron chi connectivity index (χ1n) is 6.05. The molecule has 0 amide bonds. The number of nitrogens with one attached hydrogen (secondary N) is 1. The van der Waals surface area contributed by atoms with E-state index in [0.717, 1.165) is 16.9 Å². The van der Waals surface area contributed by atoms with Gasteiger partial charge in [0.05, 0.1) is 12.8 Å². The van der Waals surface area contributed by atoms with Crippen LogP contribution in [0.2, 0.25) is 0 Å². The Labute approximate surface area is 124 Å². The zero-order valence-corrected chi connectivity index (χ0v) is 12.5. The summed E-state index contributed by atoms with van der Waals surface area (Å²) in [4.78, 5) is 27.3. The first-order chi connectivity index (χ1) is 9.92. The third-order valence-corrected chi connectivity index (χ3v) is 3.76. The number of anilines is 2. The molecule has 0 saturated heterocycles. The van der Waals surface area contributed by atoms with Gasteiger partial charge in [-0.2, -0.15) is 0 Å². The quantitative estimate of drug-likeness (QED) is 0.693. The summed E-state index contributed by atoms with van der Waals surface area (Å²) in [5, 5.41) is 3.03. The molecule has 110 valence electrons. The molecule has 0 unspecified atom stereocenters. The molecular weight excluding hydrogens is 295 g/mol. The highest BCUT2D eigenvalue weighted by Crippen LogP contribution is 2.28. The van der Waals surface area contributed by atoms with Gasteiger partial charge in [0.25, 0.3) is 0 Å². The number of ether oxygens (including phenoxy) is 1. The second-order valence-electron chi connectivity index (χ2n) is 4.35. The Hall–Kier alpha value is -2.28. The molecule has 1 aromatic heterocycles. The van der Waals surface area contributed by atoms with Gasteiger partial charge >= 0.3 is 5.97 Å². The fourth-order valence-corrected chi connectivity index (χ4v) is 2.56. The number of esters is 1. The predicted molar refractivity (Wildman–Crippen MR) is 77.9 cm³/mol. The maximum atomic E-state index is 13.7.